The lowest BCUT2D eigenvalue weighted by molar-refractivity contribution is 1.49. The number of halogens is 1. The molecule has 2 nitrogen and oxygen atoms in total. The number of rotatable bonds is 0. The monoisotopic (exact) mass is 168 g/mol. The average molecular weight is 169 g/mol. The molecule has 1 aromatic carbocycles. The standard InChI is InChI=1S/C6H6ClN.C2H3N/c7-5-2-1-3-6(8)4-5;1-2-3/h1-4H,8H2;1H3. The van der Waals surface area contributed by atoms with E-state index in [4.69, 9.17) is 22.6 Å². The summed E-state index contributed by atoms with van der Waals surface area (Å²) in [6, 6.07) is 8.86. The van der Waals surface area contributed by atoms with Crippen LogP contribution in [-0.4, -0.2) is 0 Å². The zero-order valence-corrected chi connectivity index (χ0v) is 6.97. The first-order valence-electron chi connectivity index (χ1n) is 3.02. The van der Waals surface area contributed by atoms with E-state index in [0.29, 0.717) is 10.7 Å². The third kappa shape index (κ3) is 5.25. The molecule has 0 aliphatic carbocycles. The van der Waals surface area contributed by atoms with Gasteiger partial charge >= 0.3 is 0 Å². The highest BCUT2D eigenvalue weighted by molar-refractivity contribution is 6.30. The van der Waals surface area contributed by atoms with Crippen LogP contribution in [0.2, 0.25) is 5.02 Å². The topological polar surface area (TPSA) is 49.8 Å². The smallest absolute Gasteiger partial charge is 0.0587 e. The molecule has 0 radical (unpaired) electrons. The average Bonchev–Trinajstić information content (AvgIpc) is 1.88. The summed E-state index contributed by atoms with van der Waals surface area (Å²) in [5.41, 5.74) is 6.08. The van der Waals surface area contributed by atoms with Gasteiger partial charge in [0.1, 0.15) is 0 Å². The molecule has 0 heterocycles. The molecule has 2 N–H and O–H groups in total. The molecule has 0 bridgehead atoms. The van der Waals surface area contributed by atoms with Crippen LogP contribution in [0.5, 0.6) is 0 Å². The third-order valence-corrected chi connectivity index (χ3v) is 1.08. The summed E-state index contributed by atoms with van der Waals surface area (Å²) < 4.78 is 0. The van der Waals surface area contributed by atoms with E-state index in [1.807, 2.05) is 6.07 Å². The number of nitrogen functional groups attached to an aromatic ring is 1. The highest BCUT2D eigenvalue weighted by Crippen LogP contribution is 2.10. The molecular formula is C8H9ClN2. The molecule has 11 heavy (non-hydrogen) atoms. The maximum atomic E-state index is 7.32. The predicted octanol–water partition coefficient (Wildman–Crippen LogP) is 2.45. The summed E-state index contributed by atoms with van der Waals surface area (Å²) in [4.78, 5) is 0. The van der Waals surface area contributed by atoms with Gasteiger partial charge in [-0.1, -0.05) is 17.7 Å². The van der Waals surface area contributed by atoms with Gasteiger partial charge in [0.25, 0.3) is 0 Å². The van der Waals surface area contributed by atoms with E-state index in [-0.39, 0.29) is 0 Å². The van der Waals surface area contributed by atoms with Crippen molar-refractivity contribution in [2.24, 2.45) is 0 Å². The van der Waals surface area contributed by atoms with E-state index in [1.54, 1.807) is 24.3 Å². The summed E-state index contributed by atoms with van der Waals surface area (Å²) in [6.07, 6.45) is 0. The minimum absolute atomic E-state index is 0.685. The number of hydrogen-bond acceptors (Lipinski definition) is 2. The second kappa shape index (κ2) is 5.57. The van der Waals surface area contributed by atoms with Gasteiger partial charge in [0.05, 0.1) is 6.07 Å². The first-order chi connectivity index (χ1) is 5.20. The number of hydrogen-bond donors (Lipinski definition) is 1. The molecule has 0 unspecified atom stereocenters. The van der Waals surface area contributed by atoms with Crippen LogP contribution in [0.3, 0.4) is 0 Å². The van der Waals surface area contributed by atoms with Gasteiger partial charge in [0.2, 0.25) is 0 Å². The molecule has 0 fully saturated rings. The van der Waals surface area contributed by atoms with E-state index in [1.165, 1.54) is 6.92 Å². The largest absolute Gasteiger partial charge is 0.399 e. The summed E-state index contributed by atoms with van der Waals surface area (Å²) >= 11 is 5.56. The maximum Gasteiger partial charge on any atom is 0.0587 e. The van der Waals surface area contributed by atoms with Crippen molar-refractivity contribution in [2.75, 3.05) is 5.73 Å². The number of nitrogens with two attached hydrogens (primary N) is 1. The van der Waals surface area contributed by atoms with Crippen molar-refractivity contribution in [1.29, 1.82) is 5.26 Å². The van der Waals surface area contributed by atoms with Gasteiger partial charge < -0.3 is 5.73 Å². The van der Waals surface area contributed by atoms with Crippen LogP contribution in [0, 0.1) is 11.3 Å². The molecule has 1 aromatic rings. The Kier molecular flexibility index (Phi) is 4.97. The van der Waals surface area contributed by atoms with E-state index < -0.39 is 0 Å². The fourth-order valence-corrected chi connectivity index (χ4v) is 0.705. The van der Waals surface area contributed by atoms with Crippen molar-refractivity contribution >= 4 is 17.3 Å². The number of benzene rings is 1. The normalized spacial score (nSPS) is 7.36. The summed E-state index contributed by atoms with van der Waals surface area (Å²) in [6.45, 7) is 1.43. The predicted molar refractivity (Wildman–Crippen MR) is 47.2 cm³/mol. The molecule has 0 atom stereocenters. The van der Waals surface area contributed by atoms with Crippen LogP contribution >= 0.6 is 11.6 Å². The molecule has 1 rings (SSSR count). The SMILES string of the molecule is CC#N.Nc1cccc(Cl)c1. The van der Waals surface area contributed by atoms with Crippen LogP contribution in [-0.2, 0) is 0 Å². The first-order valence-corrected chi connectivity index (χ1v) is 3.40. The summed E-state index contributed by atoms with van der Waals surface area (Å²) in [7, 11) is 0. The van der Waals surface area contributed by atoms with Gasteiger partial charge in [-0.05, 0) is 18.2 Å². The minimum atomic E-state index is 0.685. The molecule has 0 aliphatic heterocycles. The number of nitriles is 1. The first kappa shape index (κ1) is 9.80. The second-order valence-corrected chi connectivity index (χ2v) is 2.22. The number of nitrogens with zero attached hydrogens (tertiary/aromatic N) is 1. The van der Waals surface area contributed by atoms with Crippen molar-refractivity contribution < 1.29 is 0 Å². The van der Waals surface area contributed by atoms with Crippen molar-refractivity contribution in [3.8, 4) is 6.07 Å². The lowest BCUT2D eigenvalue weighted by Crippen LogP contribution is -1.80. The summed E-state index contributed by atoms with van der Waals surface area (Å²) in [5, 5.41) is 8.00. The van der Waals surface area contributed by atoms with Crippen LogP contribution in [0.1, 0.15) is 6.92 Å². The Balaban J connectivity index is 0.000000292. The van der Waals surface area contributed by atoms with E-state index in [2.05, 4.69) is 0 Å². The molecule has 0 spiro atoms. The van der Waals surface area contributed by atoms with Crippen LogP contribution in [0.25, 0.3) is 0 Å². The lowest BCUT2D eigenvalue weighted by Gasteiger charge is -1.89. The van der Waals surface area contributed by atoms with Crippen LogP contribution in [0.15, 0.2) is 24.3 Å². The van der Waals surface area contributed by atoms with Crippen LogP contribution in [0.4, 0.5) is 5.69 Å². The minimum Gasteiger partial charge on any atom is -0.399 e. The van der Waals surface area contributed by atoms with Crippen molar-refractivity contribution in [2.45, 2.75) is 6.92 Å². The van der Waals surface area contributed by atoms with Crippen LogP contribution < -0.4 is 5.73 Å². The van der Waals surface area contributed by atoms with Crippen molar-refractivity contribution in [3.05, 3.63) is 29.3 Å². The molecule has 3 heteroatoms. The van der Waals surface area contributed by atoms with Gasteiger partial charge in [0.15, 0.2) is 0 Å². The van der Waals surface area contributed by atoms with Gasteiger partial charge in [-0.15, -0.1) is 0 Å². The molecule has 0 saturated carbocycles. The highest BCUT2D eigenvalue weighted by Gasteiger charge is 1.83. The maximum absolute atomic E-state index is 7.32. The lowest BCUT2D eigenvalue weighted by atomic mass is 10.3. The Bertz CT molecular complexity index is 235. The molecule has 0 saturated heterocycles. The van der Waals surface area contributed by atoms with Crippen molar-refractivity contribution in [1.82, 2.24) is 0 Å². The Morgan fingerprint density at radius 1 is 1.55 bits per heavy atom. The fraction of sp³-hybridized carbons (Fsp3) is 0.125. The van der Waals surface area contributed by atoms with Gasteiger partial charge in [-0.25, -0.2) is 0 Å². The Morgan fingerprint density at radius 3 is 2.36 bits per heavy atom. The number of anilines is 1. The van der Waals surface area contributed by atoms with E-state index >= 15 is 0 Å². The quantitative estimate of drug-likeness (QED) is 0.605. The Morgan fingerprint density at radius 2 is 2.09 bits per heavy atom. The van der Waals surface area contributed by atoms with Gasteiger partial charge in [-0.3, -0.25) is 0 Å². The third-order valence-electron chi connectivity index (χ3n) is 0.849. The highest BCUT2D eigenvalue weighted by atomic mass is 35.5. The van der Waals surface area contributed by atoms with E-state index in [0.717, 1.165) is 0 Å². The van der Waals surface area contributed by atoms with Crippen molar-refractivity contribution in [3.63, 3.8) is 0 Å². The second-order valence-electron chi connectivity index (χ2n) is 1.78. The van der Waals surface area contributed by atoms with Gasteiger partial charge in [0, 0.05) is 17.6 Å². The molecule has 0 amide bonds. The Hall–Kier alpha value is -1.20. The van der Waals surface area contributed by atoms with Gasteiger partial charge in [-0.2, -0.15) is 5.26 Å². The fourth-order valence-electron chi connectivity index (χ4n) is 0.507. The van der Waals surface area contributed by atoms with E-state index in [9.17, 15) is 0 Å². The summed E-state index contributed by atoms with van der Waals surface area (Å²) in [5.74, 6) is 0. The zero-order chi connectivity index (χ0) is 8.69. The zero-order valence-electron chi connectivity index (χ0n) is 6.21. The Labute approximate surface area is 71.2 Å². The molecular weight excluding hydrogens is 160 g/mol. The molecule has 0 aliphatic rings. The molecule has 0 aromatic heterocycles. The molecule has 58 valence electrons.